The van der Waals surface area contributed by atoms with E-state index in [9.17, 15) is 0 Å². The molecule has 8 aromatic rings. The van der Waals surface area contributed by atoms with Crippen LogP contribution in [-0.4, -0.2) is 24.5 Å². The Morgan fingerprint density at radius 1 is 0.549 bits per heavy atom. The van der Waals surface area contributed by atoms with E-state index in [1.165, 1.54) is 0 Å². The third-order valence-electron chi connectivity index (χ3n) is 7.93. The SMILES string of the molecule is CC(C)Cc1cnc(-n2c3[c-]c(Oc4[c-]c(-c5ccccn5)ccc4)ccc3c3ccc(Oc4[c-]c(-c5ccccn5)ccc4)[c-]c32)nc1.[Pd+2].[Pd+2]. The number of nitrogens with zero attached hydrogens (tertiary/aromatic N) is 5. The van der Waals surface area contributed by atoms with Crippen molar-refractivity contribution in [2.75, 3.05) is 0 Å². The Hall–Kier alpha value is -5.02. The summed E-state index contributed by atoms with van der Waals surface area (Å²) in [6.07, 6.45) is 8.19. The smallest absolute Gasteiger partial charge is 0.503 e. The topological polar surface area (TPSA) is 75.0 Å². The average Bonchev–Trinajstić information content (AvgIpc) is 3.45. The molecular formula is C42H29N5O2Pd2. The number of rotatable bonds is 9. The van der Waals surface area contributed by atoms with Crippen LogP contribution >= 0.6 is 0 Å². The molecule has 0 fully saturated rings. The van der Waals surface area contributed by atoms with Crippen molar-refractivity contribution in [3.05, 3.63) is 152 Å². The predicted octanol–water partition coefficient (Wildman–Crippen LogP) is 9.68. The number of benzene rings is 4. The standard InChI is InChI=1S/C42H29N5O2.2Pd/c1-28(2)21-29-26-45-42(46-27-29)47-40-24-34(48-32-11-7-9-30(22-32)38-13-3-5-19-43-38)15-17-36(40)37-18-16-35(25-41(37)47)49-33-12-8-10-31(23-33)39-14-4-6-20-44-39;;/h3-20,26-28H,21H2,1-2H3;;/q-4;2*+2. The molecule has 0 bridgehead atoms. The largest absolute Gasteiger partial charge is 2.00 e. The summed E-state index contributed by atoms with van der Waals surface area (Å²) >= 11 is 0. The molecular weight excluding hydrogens is 819 g/mol. The van der Waals surface area contributed by atoms with Gasteiger partial charge in [0.25, 0.3) is 0 Å². The molecule has 0 aliphatic rings. The fraction of sp³-hybridized carbons (Fsp3) is 0.0952. The second kappa shape index (κ2) is 15.9. The fourth-order valence-corrected chi connectivity index (χ4v) is 5.78. The van der Waals surface area contributed by atoms with Gasteiger partial charge in [-0.2, -0.15) is 22.9 Å². The van der Waals surface area contributed by atoms with E-state index in [1.807, 2.05) is 114 Å². The molecule has 0 N–H and O–H groups in total. The van der Waals surface area contributed by atoms with Gasteiger partial charge in [0.05, 0.1) is 0 Å². The first-order valence-corrected chi connectivity index (χ1v) is 16.0. The molecule has 0 saturated heterocycles. The summed E-state index contributed by atoms with van der Waals surface area (Å²) in [6, 6.07) is 44.6. The molecule has 51 heavy (non-hydrogen) atoms. The molecule has 4 aromatic carbocycles. The summed E-state index contributed by atoms with van der Waals surface area (Å²) in [4.78, 5) is 18.5. The molecule has 254 valence electrons. The van der Waals surface area contributed by atoms with Crippen molar-refractivity contribution >= 4 is 21.8 Å². The number of hydrogen-bond acceptors (Lipinski definition) is 6. The molecule has 0 aliphatic heterocycles. The first-order valence-electron chi connectivity index (χ1n) is 16.0. The number of ether oxygens (including phenoxy) is 2. The van der Waals surface area contributed by atoms with Gasteiger partial charge in [-0.25, -0.2) is 9.97 Å². The van der Waals surface area contributed by atoms with E-state index in [0.717, 1.165) is 56.3 Å². The van der Waals surface area contributed by atoms with Crippen LogP contribution < -0.4 is 9.47 Å². The Morgan fingerprint density at radius 2 is 1.04 bits per heavy atom. The number of aromatic nitrogens is 5. The van der Waals surface area contributed by atoms with Gasteiger partial charge in [0.15, 0.2) is 0 Å². The Balaban J connectivity index is 0.00000224. The van der Waals surface area contributed by atoms with Gasteiger partial charge in [-0.3, -0.25) is 0 Å². The minimum absolute atomic E-state index is 0. The van der Waals surface area contributed by atoms with E-state index in [1.54, 1.807) is 12.4 Å². The Bertz CT molecular complexity index is 2260. The summed E-state index contributed by atoms with van der Waals surface area (Å²) in [6.45, 7) is 4.36. The first kappa shape index (κ1) is 35.8. The van der Waals surface area contributed by atoms with Crippen LogP contribution in [0.3, 0.4) is 0 Å². The van der Waals surface area contributed by atoms with E-state index in [0.29, 0.717) is 34.9 Å². The normalized spacial score (nSPS) is 10.9. The minimum Gasteiger partial charge on any atom is -0.503 e. The number of hydrogen-bond donors (Lipinski definition) is 0. The van der Waals surface area contributed by atoms with E-state index < -0.39 is 0 Å². The van der Waals surface area contributed by atoms with Crippen LogP contribution in [0.5, 0.6) is 23.0 Å². The van der Waals surface area contributed by atoms with Crippen LogP contribution in [0.25, 0.3) is 50.3 Å². The van der Waals surface area contributed by atoms with Crippen molar-refractivity contribution in [1.29, 1.82) is 0 Å². The third kappa shape index (κ3) is 7.84. The summed E-state index contributed by atoms with van der Waals surface area (Å²) in [7, 11) is 0. The van der Waals surface area contributed by atoms with Crippen molar-refractivity contribution in [3.8, 4) is 51.5 Å². The molecule has 0 amide bonds. The van der Waals surface area contributed by atoms with Gasteiger partial charge in [-0.15, -0.1) is 71.8 Å². The molecule has 4 aromatic heterocycles. The molecule has 0 unspecified atom stereocenters. The second-order valence-electron chi connectivity index (χ2n) is 12.0. The maximum atomic E-state index is 6.31. The molecule has 0 atom stereocenters. The summed E-state index contributed by atoms with van der Waals surface area (Å²) in [5.74, 6) is 3.16. The van der Waals surface area contributed by atoms with Crippen molar-refractivity contribution in [2.24, 2.45) is 5.92 Å². The van der Waals surface area contributed by atoms with Crippen molar-refractivity contribution < 1.29 is 50.3 Å². The van der Waals surface area contributed by atoms with Gasteiger partial charge in [0.1, 0.15) is 0 Å². The zero-order chi connectivity index (χ0) is 33.2. The zero-order valence-corrected chi connectivity index (χ0v) is 30.6. The van der Waals surface area contributed by atoms with E-state index in [2.05, 4.69) is 48.1 Å². The Morgan fingerprint density at radius 3 is 1.49 bits per heavy atom. The fourth-order valence-electron chi connectivity index (χ4n) is 5.78. The summed E-state index contributed by atoms with van der Waals surface area (Å²) in [5, 5.41) is 1.91. The van der Waals surface area contributed by atoms with Gasteiger partial charge in [0.2, 0.25) is 5.95 Å². The second-order valence-corrected chi connectivity index (χ2v) is 12.0. The van der Waals surface area contributed by atoms with Gasteiger partial charge in [-0.1, -0.05) is 61.3 Å². The molecule has 7 nitrogen and oxygen atoms in total. The molecule has 0 saturated carbocycles. The van der Waals surface area contributed by atoms with Crippen LogP contribution in [0.15, 0.2) is 122 Å². The van der Waals surface area contributed by atoms with Gasteiger partial charge >= 0.3 is 40.8 Å². The van der Waals surface area contributed by atoms with Crippen LogP contribution in [-0.2, 0) is 47.3 Å². The van der Waals surface area contributed by atoms with Crippen molar-refractivity contribution in [3.63, 3.8) is 0 Å². The maximum absolute atomic E-state index is 6.31. The molecule has 8 rings (SSSR count). The number of fused-ring (bicyclic) bond motifs is 3. The van der Waals surface area contributed by atoms with E-state index in [-0.39, 0.29) is 40.8 Å². The average molecular weight is 849 g/mol. The molecule has 0 aliphatic carbocycles. The number of pyridine rings is 2. The molecule has 0 radical (unpaired) electrons. The molecule has 4 heterocycles. The van der Waals surface area contributed by atoms with E-state index in [4.69, 9.17) is 19.4 Å². The maximum Gasteiger partial charge on any atom is 2.00 e. The van der Waals surface area contributed by atoms with Crippen molar-refractivity contribution in [1.82, 2.24) is 24.5 Å². The van der Waals surface area contributed by atoms with E-state index >= 15 is 0 Å². The van der Waals surface area contributed by atoms with Crippen LogP contribution in [0.4, 0.5) is 0 Å². The monoisotopic (exact) mass is 847 g/mol. The van der Waals surface area contributed by atoms with Crippen molar-refractivity contribution in [2.45, 2.75) is 20.3 Å². The quantitative estimate of drug-likeness (QED) is 0.106. The Kier molecular flexibility index (Phi) is 11.2. The minimum atomic E-state index is 0. The molecule has 0 spiro atoms. The van der Waals surface area contributed by atoms with Crippen LogP contribution in [0.1, 0.15) is 19.4 Å². The zero-order valence-electron chi connectivity index (χ0n) is 27.5. The van der Waals surface area contributed by atoms with Crippen LogP contribution in [0, 0.1) is 30.2 Å². The summed E-state index contributed by atoms with van der Waals surface area (Å²) < 4.78 is 14.6. The predicted molar refractivity (Wildman–Crippen MR) is 190 cm³/mol. The van der Waals surface area contributed by atoms with Crippen LogP contribution in [0.2, 0.25) is 0 Å². The Labute approximate surface area is 324 Å². The third-order valence-corrected chi connectivity index (χ3v) is 7.93. The van der Waals surface area contributed by atoms with Gasteiger partial charge in [0, 0.05) is 47.8 Å². The molecule has 9 heteroatoms. The first-order chi connectivity index (χ1) is 24.1. The van der Waals surface area contributed by atoms with Gasteiger partial charge in [-0.05, 0) is 41.4 Å². The summed E-state index contributed by atoms with van der Waals surface area (Å²) in [5.41, 5.74) is 5.90. The van der Waals surface area contributed by atoms with Gasteiger partial charge < -0.3 is 24.0 Å².